The molecular weight excluding hydrogens is 280 g/mol. The van der Waals surface area contributed by atoms with Gasteiger partial charge in [0.15, 0.2) is 5.16 Å². The molecule has 0 bridgehead atoms. The maximum Gasteiger partial charge on any atom is 0.213 e. The fraction of sp³-hybridized carbons (Fsp3) is 0.0909. The van der Waals surface area contributed by atoms with Gasteiger partial charge in [-0.3, -0.25) is 15.3 Å². The molecule has 0 saturated carbocycles. The fourth-order valence-corrected chi connectivity index (χ4v) is 2.05. The third-order valence-electron chi connectivity index (χ3n) is 2.04. The Morgan fingerprint density at radius 2 is 2.00 bits per heavy atom. The van der Waals surface area contributed by atoms with Gasteiger partial charge in [-0.15, -0.1) is 0 Å². The monoisotopic (exact) mass is 292 g/mol. The zero-order valence-corrected chi connectivity index (χ0v) is 11.5. The van der Waals surface area contributed by atoms with Crippen LogP contribution in [0.3, 0.4) is 0 Å². The van der Waals surface area contributed by atoms with Gasteiger partial charge >= 0.3 is 0 Å². The Balaban J connectivity index is 0.000000186. The number of hydrogen-bond donors (Lipinski definition) is 3. The van der Waals surface area contributed by atoms with Gasteiger partial charge in [-0.2, -0.15) is 5.10 Å². The Bertz CT molecular complexity index is 599. The van der Waals surface area contributed by atoms with Crippen LogP contribution in [-0.2, 0) is 5.75 Å². The standard InChI is InChI=1S/C9H9N3S.C2H3N3S/c1-2-4-8(5-3-1)6-13-9-10-7-11-12-9;6-2-3-1-4-5-2/h1-5,7H,6H2,(H,10,11,12);1H,(H2,3,4,5,6). The van der Waals surface area contributed by atoms with Gasteiger partial charge < -0.3 is 0 Å². The number of thioether (sulfide) groups is 1. The summed E-state index contributed by atoms with van der Waals surface area (Å²) in [6.07, 6.45) is 3.02. The molecule has 6 nitrogen and oxygen atoms in total. The van der Waals surface area contributed by atoms with Crippen LogP contribution < -0.4 is 0 Å². The number of rotatable bonds is 3. The first kappa shape index (κ1) is 13.5. The first-order valence-electron chi connectivity index (χ1n) is 5.45. The quantitative estimate of drug-likeness (QED) is 0.510. The zero-order chi connectivity index (χ0) is 13.3. The van der Waals surface area contributed by atoms with Gasteiger partial charge in [-0.25, -0.2) is 9.97 Å². The van der Waals surface area contributed by atoms with Crippen molar-refractivity contribution in [2.24, 2.45) is 0 Å². The molecule has 0 unspecified atom stereocenters. The van der Waals surface area contributed by atoms with Crippen molar-refractivity contribution >= 4 is 24.0 Å². The first-order valence-corrected chi connectivity index (χ1v) is 6.84. The Morgan fingerprint density at radius 1 is 1.16 bits per heavy atom. The molecule has 0 aliphatic rings. The van der Waals surface area contributed by atoms with Crippen molar-refractivity contribution < 1.29 is 0 Å². The van der Waals surface area contributed by atoms with Gasteiger partial charge in [-0.05, 0) is 17.8 Å². The summed E-state index contributed by atoms with van der Waals surface area (Å²) in [5.41, 5.74) is 1.30. The molecule has 0 fully saturated rings. The van der Waals surface area contributed by atoms with Crippen molar-refractivity contribution in [3.63, 3.8) is 0 Å². The summed E-state index contributed by atoms with van der Waals surface area (Å²) in [6.45, 7) is 0. The molecule has 0 radical (unpaired) electrons. The highest BCUT2D eigenvalue weighted by atomic mass is 32.2. The van der Waals surface area contributed by atoms with Crippen LogP contribution in [-0.4, -0.2) is 30.4 Å². The van der Waals surface area contributed by atoms with Crippen molar-refractivity contribution in [1.29, 1.82) is 0 Å². The average Bonchev–Trinajstić information content (AvgIpc) is 3.11. The lowest BCUT2D eigenvalue weighted by atomic mass is 10.2. The van der Waals surface area contributed by atoms with Gasteiger partial charge in [0.05, 0.1) is 0 Å². The molecule has 8 heteroatoms. The number of aromatic nitrogens is 6. The molecule has 0 aliphatic heterocycles. The molecule has 3 rings (SSSR count). The molecule has 2 heterocycles. The van der Waals surface area contributed by atoms with E-state index in [9.17, 15) is 0 Å². The smallest absolute Gasteiger partial charge is 0.213 e. The number of nitrogens with zero attached hydrogens (tertiary/aromatic N) is 3. The number of nitrogens with one attached hydrogen (secondary N) is 3. The summed E-state index contributed by atoms with van der Waals surface area (Å²) in [5.74, 6) is 0.927. The molecule has 0 amide bonds. The van der Waals surface area contributed by atoms with Crippen molar-refractivity contribution in [2.45, 2.75) is 10.9 Å². The molecule has 0 atom stereocenters. The summed E-state index contributed by atoms with van der Waals surface area (Å²) in [7, 11) is 0. The number of benzene rings is 1. The summed E-state index contributed by atoms with van der Waals surface area (Å²) < 4.78 is 0.495. The van der Waals surface area contributed by atoms with Gasteiger partial charge in [-0.1, -0.05) is 42.1 Å². The van der Waals surface area contributed by atoms with E-state index < -0.39 is 0 Å². The van der Waals surface area contributed by atoms with Crippen LogP contribution >= 0.6 is 24.0 Å². The maximum absolute atomic E-state index is 4.55. The largest absolute Gasteiger partial charge is 0.288 e. The van der Waals surface area contributed by atoms with Crippen molar-refractivity contribution in [2.75, 3.05) is 0 Å². The van der Waals surface area contributed by atoms with Crippen LogP contribution in [0.1, 0.15) is 5.56 Å². The van der Waals surface area contributed by atoms with Crippen molar-refractivity contribution in [3.8, 4) is 0 Å². The molecule has 1 aromatic carbocycles. The predicted octanol–water partition coefficient (Wildman–Crippen LogP) is 2.56. The Morgan fingerprint density at radius 3 is 2.53 bits per heavy atom. The maximum atomic E-state index is 4.55. The van der Waals surface area contributed by atoms with Crippen LogP contribution in [0, 0.1) is 4.77 Å². The van der Waals surface area contributed by atoms with E-state index in [4.69, 9.17) is 0 Å². The van der Waals surface area contributed by atoms with Gasteiger partial charge in [0.1, 0.15) is 12.7 Å². The molecule has 0 aliphatic carbocycles. The van der Waals surface area contributed by atoms with E-state index in [0.29, 0.717) is 4.77 Å². The van der Waals surface area contributed by atoms with E-state index in [1.54, 1.807) is 11.8 Å². The summed E-state index contributed by atoms with van der Waals surface area (Å²) in [4.78, 5) is 7.65. The van der Waals surface area contributed by atoms with E-state index in [0.717, 1.165) is 10.9 Å². The minimum absolute atomic E-state index is 0.495. The topological polar surface area (TPSA) is 86.0 Å². The highest BCUT2D eigenvalue weighted by molar-refractivity contribution is 7.98. The third kappa shape index (κ3) is 5.06. The average molecular weight is 292 g/mol. The third-order valence-corrected chi connectivity index (χ3v) is 3.19. The number of H-pyrrole nitrogens is 3. The van der Waals surface area contributed by atoms with E-state index in [1.165, 1.54) is 18.2 Å². The minimum Gasteiger partial charge on any atom is -0.288 e. The summed E-state index contributed by atoms with van der Waals surface area (Å²) in [6, 6.07) is 10.3. The molecule has 3 aromatic rings. The lowest BCUT2D eigenvalue weighted by Crippen LogP contribution is -1.80. The Labute approximate surface area is 119 Å². The zero-order valence-electron chi connectivity index (χ0n) is 9.91. The van der Waals surface area contributed by atoms with E-state index in [-0.39, 0.29) is 0 Å². The number of hydrogen-bond acceptors (Lipinski definition) is 5. The van der Waals surface area contributed by atoms with Crippen molar-refractivity contribution in [1.82, 2.24) is 30.4 Å². The predicted molar refractivity (Wildman–Crippen MR) is 76.2 cm³/mol. The molecule has 19 heavy (non-hydrogen) atoms. The van der Waals surface area contributed by atoms with Gasteiger partial charge in [0.2, 0.25) is 4.77 Å². The summed E-state index contributed by atoms with van der Waals surface area (Å²) >= 11 is 6.20. The van der Waals surface area contributed by atoms with Crippen LogP contribution in [0.5, 0.6) is 0 Å². The Hall–Kier alpha value is -1.93. The van der Waals surface area contributed by atoms with Crippen molar-refractivity contribution in [3.05, 3.63) is 53.3 Å². The minimum atomic E-state index is 0.495. The molecule has 98 valence electrons. The highest BCUT2D eigenvalue weighted by Crippen LogP contribution is 2.17. The lowest BCUT2D eigenvalue weighted by Gasteiger charge is -1.96. The molecule has 3 N–H and O–H groups in total. The lowest BCUT2D eigenvalue weighted by molar-refractivity contribution is 0.973. The van der Waals surface area contributed by atoms with Crippen LogP contribution in [0.25, 0.3) is 0 Å². The fourth-order valence-electron chi connectivity index (χ4n) is 1.21. The van der Waals surface area contributed by atoms with E-state index in [2.05, 4.69) is 54.7 Å². The highest BCUT2D eigenvalue weighted by Gasteiger charge is 1.96. The second-order valence-corrected chi connectivity index (χ2v) is 4.75. The molecule has 0 saturated heterocycles. The van der Waals surface area contributed by atoms with Crippen LogP contribution in [0.2, 0.25) is 0 Å². The second-order valence-electron chi connectivity index (χ2n) is 3.40. The van der Waals surface area contributed by atoms with Gasteiger partial charge in [0.25, 0.3) is 0 Å². The number of aromatic amines is 3. The van der Waals surface area contributed by atoms with Crippen LogP contribution in [0.4, 0.5) is 0 Å². The van der Waals surface area contributed by atoms with Crippen LogP contribution in [0.15, 0.2) is 48.1 Å². The first-order chi connectivity index (χ1) is 9.34. The molecular formula is C11H12N6S2. The SMILES string of the molecule is S=c1nc[nH][nH]1.c1ccc(CSc2ncn[nH]2)cc1. The normalized spacial score (nSPS) is 9.68. The Kier molecular flexibility index (Phi) is 5.32. The second kappa shape index (κ2) is 7.49. The van der Waals surface area contributed by atoms with Gasteiger partial charge in [0, 0.05) is 5.75 Å². The molecule has 0 spiro atoms. The molecule has 2 aromatic heterocycles. The summed E-state index contributed by atoms with van der Waals surface area (Å²) in [5, 5.41) is 12.6. The van der Waals surface area contributed by atoms with E-state index in [1.807, 2.05) is 18.2 Å². The van der Waals surface area contributed by atoms with E-state index >= 15 is 0 Å².